The molecule has 0 amide bonds. The van der Waals surface area contributed by atoms with Crippen LogP contribution in [0.1, 0.15) is 33.6 Å². The minimum atomic E-state index is -0.659. The van der Waals surface area contributed by atoms with E-state index < -0.39 is 39.8 Å². The van der Waals surface area contributed by atoms with Gasteiger partial charge in [-0.3, -0.25) is 19.2 Å². The Kier molecular flexibility index (Phi) is 12.7. The number of hydrogen-bond donors (Lipinski definition) is 3. The van der Waals surface area contributed by atoms with E-state index in [0.717, 1.165) is 11.4 Å². The summed E-state index contributed by atoms with van der Waals surface area (Å²) in [5, 5.41) is 15.4. The van der Waals surface area contributed by atoms with E-state index in [2.05, 4.69) is 10.6 Å². The van der Waals surface area contributed by atoms with Gasteiger partial charge in [0, 0.05) is 57.7 Å². The molecule has 0 fully saturated rings. The predicted octanol–water partition coefficient (Wildman–Crippen LogP) is 3.22. The van der Waals surface area contributed by atoms with E-state index in [1.54, 1.807) is 18.2 Å². The van der Waals surface area contributed by atoms with E-state index in [9.17, 15) is 29.1 Å². The molecule has 0 bridgehead atoms. The Morgan fingerprint density at radius 3 is 1.90 bits per heavy atom. The van der Waals surface area contributed by atoms with Crippen molar-refractivity contribution in [1.82, 2.24) is 0 Å². The first kappa shape index (κ1) is 37.5. The van der Waals surface area contributed by atoms with Crippen LogP contribution in [0.3, 0.4) is 0 Å². The quantitative estimate of drug-likeness (QED) is 0.134. The molecule has 3 N–H and O–H groups in total. The number of nitrogens with one attached hydrogen (secondary N) is 2. The van der Waals surface area contributed by atoms with E-state index in [1.807, 2.05) is 83.0 Å². The minimum absolute atomic E-state index is 0.193. The summed E-state index contributed by atoms with van der Waals surface area (Å²) in [7, 11) is 10.5. The Hall–Kier alpha value is -4.97. The third-order valence-corrected chi connectivity index (χ3v) is 7.96. The van der Waals surface area contributed by atoms with E-state index in [-0.39, 0.29) is 23.8 Å². The number of carbonyl (C=O) groups excluding carboxylic acids is 1. The zero-order chi connectivity index (χ0) is 35.9. The number of hydrogen-bond acceptors (Lipinski definition) is 12. The van der Waals surface area contributed by atoms with Crippen molar-refractivity contribution in [2.45, 2.75) is 45.8 Å². The fourth-order valence-corrected chi connectivity index (χ4v) is 5.08. The maximum atomic E-state index is 12.1. The SMILES string of the molecule is CCC(O)CNc1c(-c2ccc(N(C)C)cc2OC)c(=O)c1=O.COC(=O)C(CC(C)C)Nc1c(-c2ccc(N(C)C)cc2)c(=O)c1=O. The fraction of sp³-hybridized carbons (Fsp3) is 0.417. The summed E-state index contributed by atoms with van der Waals surface area (Å²) in [6.07, 6.45) is 0.508. The molecule has 0 radical (unpaired) electrons. The monoisotopic (exact) mass is 662 g/mol. The van der Waals surface area contributed by atoms with Crippen molar-refractivity contribution in [3.8, 4) is 28.0 Å². The van der Waals surface area contributed by atoms with Crippen LogP contribution >= 0.6 is 0 Å². The summed E-state index contributed by atoms with van der Waals surface area (Å²) in [6, 6.07) is 12.1. The van der Waals surface area contributed by atoms with E-state index in [0.29, 0.717) is 40.8 Å². The average molecular weight is 663 g/mol. The standard InChI is InChI=1S/C19H24N2O4.C17H22N2O4/c1-11(2)10-14(19(24)25-5)20-16-15(17(22)18(16)23)12-6-8-13(9-7-12)21(3)4;1-5-11(20)9-18-15-14(16(21)17(15)22)12-7-6-10(19(2)3)8-13(12)23-4/h6-9,11,14,20H,10H2,1-5H3;6-8,11,18,20H,5,9H2,1-4H3. The van der Waals surface area contributed by atoms with Crippen LogP contribution in [0, 0.1) is 5.92 Å². The summed E-state index contributed by atoms with van der Waals surface area (Å²) >= 11 is 0. The van der Waals surface area contributed by atoms with Gasteiger partial charge in [0.25, 0.3) is 0 Å². The third kappa shape index (κ3) is 8.29. The van der Waals surface area contributed by atoms with Crippen LogP contribution in [0.15, 0.2) is 61.6 Å². The molecule has 12 heteroatoms. The Morgan fingerprint density at radius 2 is 1.38 bits per heavy atom. The largest absolute Gasteiger partial charge is 0.496 e. The number of ether oxygens (including phenoxy) is 2. The first-order valence-electron chi connectivity index (χ1n) is 15.7. The second-order valence-electron chi connectivity index (χ2n) is 12.3. The van der Waals surface area contributed by atoms with E-state index in [4.69, 9.17) is 9.47 Å². The lowest BCUT2D eigenvalue weighted by Gasteiger charge is -2.22. The average Bonchev–Trinajstić information content (AvgIpc) is 3.08. The van der Waals surface area contributed by atoms with Gasteiger partial charge >= 0.3 is 5.97 Å². The number of carbonyl (C=O) groups is 1. The molecule has 4 aromatic carbocycles. The molecule has 2 atom stereocenters. The number of methoxy groups -OCH3 is 2. The van der Waals surface area contributed by atoms with E-state index >= 15 is 0 Å². The van der Waals surface area contributed by atoms with Crippen LogP contribution in [0.4, 0.5) is 22.7 Å². The highest BCUT2D eigenvalue weighted by atomic mass is 16.5. The van der Waals surface area contributed by atoms with E-state index in [1.165, 1.54) is 14.2 Å². The first-order chi connectivity index (χ1) is 22.7. The Balaban J connectivity index is 0.000000261. The number of aliphatic hydroxyl groups excluding tert-OH is 1. The molecular formula is C36H46N4O8. The fourth-order valence-electron chi connectivity index (χ4n) is 5.08. The van der Waals surface area contributed by atoms with Gasteiger partial charge in [0.05, 0.1) is 42.8 Å². The van der Waals surface area contributed by atoms with Gasteiger partial charge in [-0.15, -0.1) is 0 Å². The molecule has 0 aliphatic carbocycles. The van der Waals surface area contributed by atoms with Gasteiger partial charge < -0.3 is 35.0 Å². The van der Waals surface area contributed by atoms with Gasteiger partial charge in [-0.1, -0.05) is 32.9 Å². The molecule has 0 heterocycles. The zero-order valence-corrected chi connectivity index (χ0v) is 29.1. The molecule has 0 aliphatic heterocycles. The molecule has 0 aliphatic rings. The summed E-state index contributed by atoms with van der Waals surface area (Å²) in [5.41, 5.74) is 2.03. The van der Waals surface area contributed by atoms with Crippen LogP contribution in [0.5, 0.6) is 5.75 Å². The molecule has 0 saturated carbocycles. The molecule has 0 aromatic heterocycles. The molecular weight excluding hydrogens is 616 g/mol. The van der Waals surface area contributed by atoms with Gasteiger partial charge in [-0.05, 0) is 48.6 Å². The number of anilines is 4. The topological polar surface area (TPSA) is 155 Å². The van der Waals surface area contributed by atoms with Gasteiger partial charge in [0.15, 0.2) is 0 Å². The number of nitrogens with zero attached hydrogens (tertiary/aromatic N) is 2. The van der Waals surface area contributed by atoms with Crippen LogP contribution in [0.25, 0.3) is 22.3 Å². The molecule has 48 heavy (non-hydrogen) atoms. The lowest BCUT2D eigenvalue weighted by atomic mass is 9.96. The summed E-state index contributed by atoms with van der Waals surface area (Å²) in [6.45, 7) is 6.02. The van der Waals surface area contributed by atoms with Crippen molar-refractivity contribution in [3.05, 3.63) is 83.4 Å². The van der Waals surface area contributed by atoms with Gasteiger partial charge in [0.1, 0.15) is 11.8 Å². The van der Waals surface area contributed by atoms with Crippen molar-refractivity contribution in [1.29, 1.82) is 0 Å². The number of aliphatic hydroxyl groups is 1. The van der Waals surface area contributed by atoms with Crippen molar-refractivity contribution in [2.24, 2.45) is 5.92 Å². The molecule has 2 unspecified atom stereocenters. The summed E-state index contributed by atoms with van der Waals surface area (Å²) < 4.78 is 10.2. The van der Waals surface area contributed by atoms with Crippen LogP contribution in [0.2, 0.25) is 0 Å². The highest BCUT2D eigenvalue weighted by Gasteiger charge is 2.29. The Labute approximate surface area is 280 Å². The lowest BCUT2D eigenvalue weighted by Crippen LogP contribution is -2.41. The lowest BCUT2D eigenvalue weighted by molar-refractivity contribution is -0.141. The smallest absolute Gasteiger partial charge is 0.328 e. The highest BCUT2D eigenvalue weighted by molar-refractivity contribution is 5.87. The number of esters is 1. The van der Waals surface area contributed by atoms with Crippen molar-refractivity contribution in [2.75, 3.05) is 69.4 Å². The molecule has 258 valence electrons. The predicted molar refractivity (Wildman–Crippen MR) is 192 cm³/mol. The third-order valence-electron chi connectivity index (χ3n) is 7.96. The van der Waals surface area contributed by atoms with Crippen molar-refractivity contribution >= 4 is 28.7 Å². The molecule has 4 rings (SSSR count). The molecule has 4 aromatic rings. The van der Waals surface area contributed by atoms with Gasteiger partial charge in [0.2, 0.25) is 21.7 Å². The van der Waals surface area contributed by atoms with Crippen molar-refractivity contribution in [3.63, 3.8) is 0 Å². The van der Waals surface area contributed by atoms with Crippen LogP contribution < -0.4 is 46.9 Å². The zero-order valence-electron chi connectivity index (χ0n) is 29.1. The highest BCUT2D eigenvalue weighted by Crippen LogP contribution is 2.35. The van der Waals surface area contributed by atoms with Gasteiger partial charge in [-0.2, -0.15) is 0 Å². The first-order valence-corrected chi connectivity index (χ1v) is 15.7. The number of rotatable bonds is 14. The van der Waals surface area contributed by atoms with Crippen LogP contribution in [-0.2, 0) is 9.53 Å². The van der Waals surface area contributed by atoms with Gasteiger partial charge in [-0.25, -0.2) is 4.79 Å². The Morgan fingerprint density at radius 1 is 0.812 bits per heavy atom. The molecule has 0 saturated heterocycles. The maximum Gasteiger partial charge on any atom is 0.328 e. The molecule has 12 nitrogen and oxygen atoms in total. The van der Waals surface area contributed by atoms with Crippen molar-refractivity contribution < 1.29 is 19.4 Å². The summed E-state index contributed by atoms with van der Waals surface area (Å²) in [5.74, 6) is 0.309. The Bertz CT molecular complexity index is 1850. The molecule has 0 spiro atoms. The second kappa shape index (κ2) is 16.2. The minimum Gasteiger partial charge on any atom is -0.496 e. The maximum absolute atomic E-state index is 12.1. The normalized spacial score (nSPS) is 12.2. The number of benzene rings is 2. The van der Waals surface area contributed by atoms with Crippen LogP contribution in [-0.4, -0.2) is 72.2 Å². The second-order valence-corrected chi connectivity index (χ2v) is 12.3. The summed E-state index contributed by atoms with van der Waals surface area (Å²) in [4.78, 5) is 63.7.